The van der Waals surface area contributed by atoms with Gasteiger partial charge in [0.25, 0.3) is 0 Å². The fourth-order valence-corrected chi connectivity index (χ4v) is 2.83. The van der Waals surface area contributed by atoms with Crippen molar-refractivity contribution in [1.29, 1.82) is 0 Å². The first-order valence-corrected chi connectivity index (χ1v) is 7.33. The van der Waals surface area contributed by atoms with Crippen LogP contribution >= 0.6 is 23.2 Å². The average Bonchev–Trinajstić information content (AvgIpc) is 2.77. The molecule has 5 nitrogen and oxygen atoms in total. The first-order valence-electron chi connectivity index (χ1n) is 6.57. The van der Waals surface area contributed by atoms with E-state index in [0.717, 1.165) is 28.3 Å². The van der Waals surface area contributed by atoms with Crippen LogP contribution in [-0.4, -0.2) is 19.9 Å². The van der Waals surface area contributed by atoms with Gasteiger partial charge in [-0.1, -0.05) is 23.2 Å². The van der Waals surface area contributed by atoms with Gasteiger partial charge >= 0.3 is 0 Å². The van der Waals surface area contributed by atoms with Crippen LogP contribution in [-0.2, 0) is 0 Å². The second-order valence-corrected chi connectivity index (χ2v) is 5.75. The van der Waals surface area contributed by atoms with Crippen molar-refractivity contribution in [3.05, 3.63) is 46.0 Å². The smallest absolute Gasteiger partial charge is 0.220 e. The van der Waals surface area contributed by atoms with Gasteiger partial charge in [-0.2, -0.15) is 0 Å². The first-order chi connectivity index (χ1) is 10.5. The standard InChI is InChI=1S/C15H13Cl2N5/c1-7-13(21-8(2)20-7)11-6-19-15(18)22-14(11)10-4-3-9(16)5-12(10)17/h3-6H,1-2H3,(H,20,21)(H2,18,19,22). The van der Waals surface area contributed by atoms with E-state index in [1.54, 1.807) is 18.3 Å². The lowest BCUT2D eigenvalue weighted by atomic mass is 10.0. The second-order valence-electron chi connectivity index (χ2n) is 4.91. The molecule has 1 aromatic carbocycles. The van der Waals surface area contributed by atoms with Crippen LogP contribution in [0.3, 0.4) is 0 Å². The second kappa shape index (κ2) is 5.59. The van der Waals surface area contributed by atoms with Gasteiger partial charge in [0, 0.05) is 28.0 Å². The molecule has 0 radical (unpaired) electrons. The van der Waals surface area contributed by atoms with Crippen LogP contribution < -0.4 is 5.73 Å². The number of nitrogens with two attached hydrogens (primary N) is 1. The Morgan fingerprint density at radius 2 is 1.82 bits per heavy atom. The van der Waals surface area contributed by atoms with E-state index in [4.69, 9.17) is 28.9 Å². The molecule has 3 N–H and O–H groups in total. The van der Waals surface area contributed by atoms with Crippen LogP contribution in [0.25, 0.3) is 22.5 Å². The third kappa shape index (κ3) is 2.65. The van der Waals surface area contributed by atoms with Gasteiger partial charge in [0.05, 0.1) is 16.4 Å². The lowest BCUT2D eigenvalue weighted by Gasteiger charge is -2.10. The number of rotatable bonds is 2. The molecule has 0 atom stereocenters. The zero-order valence-electron chi connectivity index (χ0n) is 12.0. The molecule has 0 aliphatic carbocycles. The summed E-state index contributed by atoms with van der Waals surface area (Å²) in [6.07, 6.45) is 1.66. The Labute approximate surface area is 137 Å². The SMILES string of the molecule is Cc1nc(-c2cnc(N)nc2-c2ccc(Cl)cc2Cl)c(C)[nH]1. The number of aromatic amines is 1. The molecular formula is C15H13Cl2N5. The lowest BCUT2D eigenvalue weighted by Crippen LogP contribution is -1.99. The minimum Gasteiger partial charge on any atom is -0.368 e. The highest BCUT2D eigenvalue weighted by Crippen LogP contribution is 2.36. The van der Waals surface area contributed by atoms with Gasteiger partial charge in [0.2, 0.25) is 5.95 Å². The summed E-state index contributed by atoms with van der Waals surface area (Å²) in [7, 11) is 0. The number of halogens is 2. The molecule has 0 aliphatic heterocycles. The Morgan fingerprint density at radius 1 is 1.05 bits per heavy atom. The van der Waals surface area contributed by atoms with Crippen LogP contribution in [0, 0.1) is 13.8 Å². The van der Waals surface area contributed by atoms with Crippen molar-refractivity contribution >= 4 is 29.2 Å². The third-order valence-electron chi connectivity index (χ3n) is 3.25. The predicted molar refractivity (Wildman–Crippen MR) is 89.0 cm³/mol. The fourth-order valence-electron chi connectivity index (χ4n) is 2.33. The van der Waals surface area contributed by atoms with Gasteiger partial charge < -0.3 is 10.7 Å². The number of imidazole rings is 1. The zero-order chi connectivity index (χ0) is 15.9. The number of nitrogen functional groups attached to an aromatic ring is 1. The molecule has 0 fully saturated rings. The number of aryl methyl sites for hydroxylation is 2. The number of hydrogen-bond donors (Lipinski definition) is 2. The molecule has 0 spiro atoms. The van der Waals surface area contributed by atoms with Crippen LogP contribution in [0.5, 0.6) is 0 Å². The lowest BCUT2D eigenvalue weighted by molar-refractivity contribution is 1.13. The minimum absolute atomic E-state index is 0.176. The molecule has 0 saturated carbocycles. The number of benzene rings is 1. The van der Waals surface area contributed by atoms with E-state index >= 15 is 0 Å². The maximum atomic E-state index is 6.31. The molecule has 22 heavy (non-hydrogen) atoms. The summed E-state index contributed by atoms with van der Waals surface area (Å²) >= 11 is 12.3. The highest BCUT2D eigenvalue weighted by atomic mass is 35.5. The molecule has 0 unspecified atom stereocenters. The Bertz CT molecular complexity index is 857. The number of H-pyrrole nitrogens is 1. The molecule has 112 valence electrons. The highest BCUT2D eigenvalue weighted by Gasteiger charge is 2.17. The molecule has 0 aliphatic rings. The molecular weight excluding hydrogens is 321 g/mol. The molecule has 3 aromatic rings. The highest BCUT2D eigenvalue weighted by molar-refractivity contribution is 6.36. The molecule has 7 heteroatoms. The molecule has 3 rings (SSSR count). The zero-order valence-corrected chi connectivity index (χ0v) is 13.5. The first kappa shape index (κ1) is 14.8. The third-order valence-corrected chi connectivity index (χ3v) is 3.80. The Balaban J connectivity index is 2.27. The summed E-state index contributed by atoms with van der Waals surface area (Å²) in [6, 6.07) is 5.24. The van der Waals surface area contributed by atoms with Gasteiger partial charge in [-0.15, -0.1) is 0 Å². The molecule has 2 heterocycles. The Kier molecular flexibility index (Phi) is 3.76. The Hall–Kier alpha value is -2.11. The summed E-state index contributed by atoms with van der Waals surface area (Å²) in [5.41, 5.74) is 9.58. The van der Waals surface area contributed by atoms with Crippen molar-refractivity contribution in [3.63, 3.8) is 0 Å². The van der Waals surface area contributed by atoms with E-state index in [1.165, 1.54) is 0 Å². The number of hydrogen-bond acceptors (Lipinski definition) is 4. The fraction of sp³-hybridized carbons (Fsp3) is 0.133. The van der Waals surface area contributed by atoms with Crippen LogP contribution in [0.1, 0.15) is 11.5 Å². The Morgan fingerprint density at radius 3 is 2.45 bits per heavy atom. The van der Waals surface area contributed by atoms with E-state index in [0.29, 0.717) is 15.7 Å². The van der Waals surface area contributed by atoms with Crippen molar-refractivity contribution < 1.29 is 0 Å². The quantitative estimate of drug-likeness (QED) is 0.741. The maximum Gasteiger partial charge on any atom is 0.220 e. The van der Waals surface area contributed by atoms with Crippen LogP contribution in [0.2, 0.25) is 10.0 Å². The van der Waals surface area contributed by atoms with Crippen LogP contribution in [0.4, 0.5) is 5.95 Å². The predicted octanol–water partition coefficient (Wildman–Crippen LogP) is 4.04. The van der Waals surface area contributed by atoms with Crippen molar-refractivity contribution in [2.75, 3.05) is 5.73 Å². The van der Waals surface area contributed by atoms with Crippen molar-refractivity contribution in [2.24, 2.45) is 0 Å². The number of aromatic nitrogens is 4. The van der Waals surface area contributed by atoms with Crippen molar-refractivity contribution in [2.45, 2.75) is 13.8 Å². The monoisotopic (exact) mass is 333 g/mol. The van der Waals surface area contributed by atoms with Crippen LogP contribution in [0.15, 0.2) is 24.4 Å². The van der Waals surface area contributed by atoms with E-state index in [9.17, 15) is 0 Å². The van der Waals surface area contributed by atoms with Gasteiger partial charge in [0.1, 0.15) is 5.82 Å². The topological polar surface area (TPSA) is 80.5 Å². The minimum atomic E-state index is 0.176. The van der Waals surface area contributed by atoms with Crippen molar-refractivity contribution in [1.82, 2.24) is 19.9 Å². The molecule has 2 aromatic heterocycles. The average molecular weight is 334 g/mol. The molecule has 0 amide bonds. The summed E-state index contributed by atoms with van der Waals surface area (Å²) in [5, 5.41) is 1.06. The largest absolute Gasteiger partial charge is 0.368 e. The molecule has 0 bridgehead atoms. The van der Waals surface area contributed by atoms with E-state index in [-0.39, 0.29) is 5.95 Å². The number of nitrogens with one attached hydrogen (secondary N) is 1. The van der Waals surface area contributed by atoms with Gasteiger partial charge in [0.15, 0.2) is 0 Å². The number of nitrogens with zero attached hydrogens (tertiary/aromatic N) is 3. The van der Waals surface area contributed by atoms with Gasteiger partial charge in [-0.25, -0.2) is 15.0 Å². The summed E-state index contributed by atoms with van der Waals surface area (Å²) < 4.78 is 0. The maximum absolute atomic E-state index is 6.31. The van der Waals surface area contributed by atoms with Gasteiger partial charge in [-0.05, 0) is 32.0 Å². The summed E-state index contributed by atoms with van der Waals surface area (Å²) in [5.74, 6) is 0.993. The summed E-state index contributed by atoms with van der Waals surface area (Å²) in [6.45, 7) is 3.84. The van der Waals surface area contributed by atoms with Crippen molar-refractivity contribution in [3.8, 4) is 22.5 Å². The van der Waals surface area contributed by atoms with Gasteiger partial charge in [-0.3, -0.25) is 0 Å². The summed E-state index contributed by atoms with van der Waals surface area (Å²) in [4.78, 5) is 16.1. The molecule has 0 saturated heterocycles. The van der Waals surface area contributed by atoms with E-state index in [1.807, 2.05) is 19.9 Å². The van der Waals surface area contributed by atoms with E-state index < -0.39 is 0 Å². The van der Waals surface area contributed by atoms with E-state index in [2.05, 4.69) is 19.9 Å². The normalized spacial score (nSPS) is 10.9. The number of anilines is 1.